The topological polar surface area (TPSA) is 80.4 Å². The summed E-state index contributed by atoms with van der Waals surface area (Å²) >= 11 is 1.57. The molecule has 3 heterocycles. The van der Waals surface area contributed by atoms with E-state index in [4.69, 9.17) is 9.15 Å². The molecule has 0 fully saturated rings. The van der Waals surface area contributed by atoms with Gasteiger partial charge in [-0.05, 0) is 17.7 Å². The minimum Gasteiger partial charge on any atom is -0.467 e. The molecule has 0 saturated heterocycles. The van der Waals surface area contributed by atoms with Crippen LogP contribution in [-0.2, 0) is 11.3 Å². The summed E-state index contributed by atoms with van der Waals surface area (Å²) in [7, 11) is 1.62. The molecular formula is C20H19N3O3S. The summed E-state index contributed by atoms with van der Waals surface area (Å²) in [5, 5.41) is 16.6. The fourth-order valence-corrected chi connectivity index (χ4v) is 3.88. The van der Waals surface area contributed by atoms with E-state index in [1.807, 2.05) is 18.2 Å². The van der Waals surface area contributed by atoms with Crippen molar-refractivity contribution in [1.29, 1.82) is 0 Å². The van der Waals surface area contributed by atoms with Crippen molar-refractivity contribution in [3.63, 3.8) is 0 Å². The van der Waals surface area contributed by atoms with Crippen LogP contribution in [0.5, 0.6) is 0 Å². The van der Waals surface area contributed by atoms with Crippen LogP contribution in [0.4, 0.5) is 5.82 Å². The van der Waals surface area contributed by atoms with Crippen molar-refractivity contribution in [3.05, 3.63) is 65.7 Å². The molecule has 0 bridgehead atoms. The first-order chi connectivity index (χ1) is 13.3. The summed E-state index contributed by atoms with van der Waals surface area (Å²) in [4.78, 5) is 10.1. The van der Waals surface area contributed by atoms with Crippen LogP contribution in [0.3, 0.4) is 0 Å². The van der Waals surface area contributed by atoms with Crippen molar-refractivity contribution in [2.75, 3.05) is 19.0 Å². The molecule has 4 aromatic rings. The van der Waals surface area contributed by atoms with Gasteiger partial charge in [0.1, 0.15) is 29.1 Å². The number of hydrogen-bond donors (Lipinski definition) is 2. The third kappa shape index (κ3) is 3.71. The van der Waals surface area contributed by atoms with E-state index in [0.717, 1.165) is 21.3 Å². The van der Waals surface area contributed by atoms with Gasteiger partial charge in [-0.3, -0.25) is 0 Å². The molecule has 7 heteroatoms. The van der Waals surface area contributed by atoms with Crippen LogP contribution in [0.25, 0.3) is 21.3 Å². The standard InChI is InChI=1S/C20H19N3O3S/c1-25-11-17-22-19(21-10-15(24)16-8-5-9-26-16)18-14(12-27-20(18)23-17)13-6-3-2-4-7-13/h2-9,12,15,24H,10-11H2,1H3,(H,21,22,23)/t15-/m1/s1. The van der Waals surface area contributed by atoms with Gasteiger partial charge >= 0.3 is 0 Å². The van der Waals surface area contributed by atoms with Crippen molar-refractivity contribution in [2.45, 2.75) is 12.7 Å². The average molecular weight is 381 g/mol. The second-order valence-electron chi connectivity index (χ2n) is 6.03. The van der Waals surface area contributed by atoms with Gasteiger partial charge in [0, 0.05) is 24.6 Å². The van der Waals surface area contributed by atoms with Gasteiger partial charge in [-0.15, -0.1) is 11.3 Å². The van der Waals surface area contributed by atoms with Crippen LogP contribution in [0, 0.1) is 0 Å². The van der Waals surface area contributed by atoms with E-state index in [1.54, 1.807) is 36.8 Å². The van der Waals surface area contributed by atoms with Crippen LogP contribution in [0.1, 0.15) is 17.7 Å². The van der Waals surface area contributed by atoms with Gasteiger partial charge in [0.25, 0.3) is 0 Å². The number of methoxy groups -OCH3 is 1. The number of hydrogen-bond acceptors (Lipinski definition) is 7. The summed E-state index contributed by atoms with van der Waals surface area (Å²) in [6.45, 7) is 0.597. The summed E-state index contributed by atoms with van der Waals surface area (Å²) in [5.41, 5.74) is 2.16. The second-order valence-corrected chi connectivity index (χ2v) is 6.89. The first-order valence-electron chi connectivity index (χ1n) is 8.54. The number of benzene rings is 1. The van der Waals surface area contributed by atoms with E-state index in [9.17, 15) is 5.11 Å². The van der Waals surface area contributed by atoms with E-state index in [2.05, 4.69) is 32.8 Å². The minimum atomic E-state index is -0.769. The Balaban J connectivity index is 1.72. The van der Waals surface area contributed by atoms with E-state index >= 15 is 0 Å². The number of aliphatic hydroxyl groups is 1. The molecule has 4 rings (SSSR count). The molecule has 3 aromatic heterocycles. The highest BCUT2D eigenvalue weighted by Gasteiger charge is 2.17. The summed E-state index contributed by atoms with van der Waals surface area (Å²) in [5.74, 6) is 1.79. The molecule has 0 aliphatic rings. The number of nitrogens with one attached hydrogen (secondary N) is 1. The predicted octanol–water partition coefficient (Wildman–Crippen LogP) is 4.24. The smallest absolute Gasteiger partial charge is 0.158 e. The maximum Gasteiger partial charge on any atom is 0.158 e. The molecule has 0 unspecified atom stereocenters. The van der Waals surface area contributed by atoms with Crippen molar-refractivity contribution >= 4 is 27.4 Å². The first kappa shape index (κ1) is 17.7. The Hall–Kier alpha value is -2.74. The lowest BCUT2D eigenvalue weighted by molar-refractivity contribution is 0.162. The Labute approximate surface area is 160 Å². The molecule has 2 N–H and O–H groups in total. The SMILES string of the molecule is COCc1nc(NC[C@@H](O)c2ccco2)c2c(-c3ccccc3)csc2n1. The molecule has 0 aliphatic heterocycles. The Morgan fingerprint density at radius 3 is 2.78 bits per heavy atom. The number of nitrogens with zero attached hydrogens (tertiary/aromatic N) is 2. The van der Waals surface area contributed by atoms with Crippen LogP contribution in [0.2, 0.25) is 0 Å². The highest BCUT2D eigenvalue weighted by molar-refractivity contribution is 7.17. The zero-order valence-electron chi connectivity index (χ0n) is 14.8. The zero-order valence-corrected chi connectivity index (χ0v) is 15.6. The molecule has 27 heavy (non-hydrogen) atoms. The van der Waals surface area contributed by atoms with Crippen molar-refractivity contribution < 1.29 is 14.3 Å². The fourth-order valence-electron chi connectivity index (χ4n) is 2.91. The average Bonchev–Trinajstić information content (AvgIpc) is 3.37. The number of anilines is 1. The van der Waals surface area contributed by atoms with Gasteiger partial charge in [-0.25, -0.2) is 9.97 Å². The first-order valence-corrected chi connectivity index (χ1v) is 9.42. The van der Waals surface area contributed by atoms with Crippen molar-refractivity contribution in [2.24, 2.45) is 0 Å². The lowest BCUT2D eigenvalue weighted by atomic mass is 10.1. The highest BCUT2D eigenvalue weighted by Crippen LogP contribution is 2.37. The highest BCUT2D eigenvalue weighted by atomic mass is 32.1. The summed E-state index contributed by atoms with van der Waals surface area (Å²) in [6, 6.07) is 13.6. The summed E-state index contributed by atoms with van der Waals surface area (Å²) in [6.07, 6.45) is 0.777. The Morgan fingerprint density at radius 2 is 2.04 bits per heavy atom. The maximum atomic E-state index is 10.3. The van der Waals surface area contributed by atoms with Crippen LogP contribution >= 0.6 is 11.3 Å². The van der Waals surface area contributed by atoms with E-state index in [-0.39, 0.29) is 6.54 Å². The molecule has 1 aromatic carbocycles. The van der Waals surface area contributed by atoms with Crippen LogP contribution < -0.4 is 5.32 Å². The minimum absolute atomic E-state index is 0.274. The Morgan fingerprint density at radius 1 is 1.19 bits per heavy atom. The van der Waals surface area contributed by atoms with Crippen LogP contribution in [0.15, 0.2) is 58.5 Å². The number of furan rings is 1. The van der Waals surface area contributed by atoms with Gasteiger partial charge in [-0.1, -0.05) is 30.3 Å². The zero-order chi connectivity index (χ0) is 18.6. The molecule has 0 amide bonds. The molecule has 0 spiro atoms. The maximum absolute atomic E-state index is 10.3. The fraction of sp³-hybridized carbons (Fsp3) is 0.200. The number of thiophene rings is 1. The summed E-state index contributed by atoms with van der Waals surface area (Å²) < 4.78 is 10.5. The van der Waals surface area contributed by atoms with Gasteiger partial charge in [0.2, 0.25) is 0 Å². The Bertz CT molecular complexity index is 1020. The lowest BCUT2D eigenvalue weighted by Crippen LogP contribution is -2.13. The Kier molecular flexibility index (Phi) is 5.15. The van der Waals surface area contributed by atoms with Gasteiger partial charge in [0.15, 0.2) is 5.82 Å². The number of fused-ring (bicyclic) bond motifs is 1. The van der Waals surface area contributed by atoms with E-state index in [1.165, 1.54) is 0 Å². The molecule has 0 saturated carbocycles. The molecule has 6 nitrogen and oxygen atoms in total. The third-order valence-corrected chi connectivity index (χ3v) is 5.04. The number of rotatable bonds is 7. The number of aliphatic hydroxyl groups excluding tert-OH is 1. The normalized spacial score (nSPS) is 12.4. The quantitative estimate of drug-likeness (QED) is 0.498. The third-order valence-electron chi connectivity index (χ3n) is 4.17. The van der Waals surface area contributed by atoms with Gasteiger partial charge < -0.3 is 19.6 Å². The predicted molar refractivity (Wildman–Crippen MR) is 106 cm³/mol. The molecule has 0 radical (unpaired) electrons. The van der Waals surface area contributed by atoms with Crippen LogP contribution in [-0.4, -0.2) is 28.7 Å². The van der Waals surface area contributed by atoms with E-state index < -0.39 is 6.10 Å². The van der Waals surface area contributed by atoms with Crippen molar-refractivity contribution in [3.8, 4) is 11.1 Å². The molecule has 138 valence electrons. The lowest BCUT2D eigenvalue weighted by Gasteiger charge is -2.13. The van der Waals surface area contributed by atoms with Gasteiger partial charge in [-0.2, -0.15) is 0 Å². The van der Waals surface area contributed by atoms with Crippen molar-refractivity contribution in [1.82, 2.24) is 9.97 Å². The van der Waals surface area contributed by atoms with E-state index in [0.29, 0.717) is 24.0 Å². The van der Waals surface area contributed by atoms with Gasteiger partial charge in [0.05, 0.1) is 11.6 Å². The molecule has 0 aliphatic carbocycles. The molecular weight excluding hydrogens is 362 g/mol. The number of aromatic nitrogens is 2. The molecule has 1 atom stereocenters. The monoisotopic (exact) mass is 381 g/mol. The second kappa shape index (κ2) is 7.87. The number of ether oxygens (including phenoxy) is 1. The largest absolute Gasteiger partial charge is 0.467 e.